The maximum atomic E-state index is 9.51. The van der Waals surface area contributed by atoms with Crippen LogP contribution in [0.2, 0.25) is 5.15 Å². The summed E-state index contributed by atoms with van der Waals surface area (Å²) in [6, 6.07) is 3.32. The van der Waals surface area contributed by atoms with Gasteiger partial charge in [-0.05, 0) is 25.5 Å². The molecule has 1 saturated heterocycles. The third-order valence-electron chi connectivity index (χ3n) is 3.52. The molecule has 3 heterocycles. The summed E-state index contributed by atoms with van der Waals surface area (Å²) in [5.41, 5.74) is 0.774. The molecule has 0 spiro atoms. The second-order valence-electron chi connectivity index (χ2n) is 4.80. The number of halogens is 1. The number of aromatic nitrogens is 2. The van der Waals surface area contributed by atoms with Gasteiger partial charge in [-0.1, -0.05) is 18.0 Å². The van der Waals surface area contributed by atoms with Crippen molar-refractivity contribution in [1.29, 1.82) is 0 Å². The molecule has 3 rings (SSSR count). The molecule has 4 nitrogen and oxygen atoms in total. The highest BCUT2D eigenvalue weighted by Gasteiger charge is 2.20. The normalized spacial score (nSPS) is 21.1. The molecule has 0 aliphatic carbocycles. The molecule has 0 radical (unpaired) electrons. The molecule has 18 heavy (non-hydrogen) atoms. The first-order valence-corrected chi connectivity index (χ1v) is 6.70. The topological polar surface area (TPSA) is 49.6 Å². The van der Waals surface area contributed by atoms with Crippen LogP contribution < -0.4 is 5.32 Å². The Morgan fingerprint density at radius 2 is 2.33 bits per heavy atom. The van der Waals surface area contributed by atoms with E-state index in [9.17, 15) is 5.11 Å². The van der Waals surface area contributed by atoms with E-state index in [4.69, 9.17) is 11.6 Å². The van der Waals surface area contributed by atoms with Gasteiger partial charge in [0.1, 0.15) is 11.6 Å². The molecule has 1 aliphatic rings. The number of hydrogen-bond acceptors (Lipinski definition) is 3. The van der Waals surface area contributed by atoms with E-state index in [0.717, 1.165) is 30.9 Å². The van der Waals surface area contributed by atoms with E-state index in [0.29, 0.717) is 11.1 Å². The number of nitrogens with zero attached hydrogens (tertiary/aromatic N) is 2. The lowest BCUT2D eigenvalue weighted by atomic mass is 10.0. The Hall–Kier alpha value is -1.26. The van der Waals surface area contributed by atoms with Gasteiger partial charge in [-0.25, -0.2) is 4.98 Å². The first kappa shape index (κ1) is 11.8. The molecule has 5 heteroatoms. The summed E-state index contributed by atoms with van der Waals surface area (Å²) in [5.74, 6) is 1.59. The van der Waals surface area contributed by atoms with Crippen molar-refractivity contribution in [2.75, 3.05) is 13.1 Å². The van der Waals surface area contributed by atoms with Gasteiger partial charge in [0.05, 0.1) is 5.52 Å². The molecule has 2 N–H and O–H groups in total. The highest BCUT2D eigenvalue weighted by molar-refractivity contribution is 6.32. The fourth-order valence-corrected chi connectivity index (χ4v) is 2.82. The lowest BCUT2D eigenvalue weighted by Crippen LogP contribution is -2.20. The van der Waals surface area contributed by atoms with Crippen LogP contribution in [0.3, 0.4) is 0 Å². The number of rotatable bonds is 1. The van der Waals surface area contributed by atoms with Crippen LogP contribution in [0.4, 0.5) is 0 Å². The first-order chi connectivity index (χ1) is 8.75. The minimum Gasteiger partial charge on any atom is -0.508 e. The Kier molecular flexibility index (Phi) is 3.14. The third-order valence-corrected chi connectivity index (χ3v) is 3.80. The van der Waals surface area contributed by atoms with Gasteiger partial charge >= 0.3 is 0 Å². The van der Waals surface area contributed by atoms with Gasteiger partial charge in [0.25, 0.3) is 0 Å². The van der Waals surface area contributed by atoms with Gasteiger partial charge in [-0.2, -0.15) is 0 Å². The number of aromatic hydroxyl groups is 1. The zero-order chi connectivity index (χ0) is 12.5. The highest BCUT2D eigenvalue weighted by atomic mass is 35.5. The Morgan fingerprint density at radius 1 is 1.44 bits per heavy atom. The van der Waals surface area contributed by atoms with Crippen molar-refractivity contribution >= 4 is 17.1 Å². The molecule has 2 aromatic rings. The van der Waals surface area contributed by atoms with Crippen LogP contribution in [0, 0.1) is 0 Å². The zero-order valence-corrected chi connectivity index (χ0v) is 10.8. The van der Waals surface area contributed by atoms with Gasteiger partial charge < -0.3 is 14.8 Å². The van der Waals surface area contributed by atoms with Gasteiger partial charge in [0.2, 0.25) is 0 Å². The lowest BCUT2D eigenvalue weighted by Gasteiger charge is -2.12. The lowest BCUT2D eigenvalue weighted by molar-refractivity contribution is 0.475. The van der Waals surface area contributed by atoms with Crippen LogP contribution >= 0.6 is 11.6 Å². The third kappa shape index (κ3) is 2.06. The molecule has 0 aromatic carbocycles. The van der Waals surface area contributed by atoms with Crippen LogP contribution in [0.25, 0.3) is 5.52 Å². The summed E-state index contributed by atoms with van der Waals surface area (Å²) in [6.45, 7) is 2.02. The van der Waals surface area contributed by atoms with Gasteiger partial charge in [-0.15, -0.1) is 0 Å². The molecule has 1 atom stereocenters. The van der Waals surface area contributed by atoms with Crippen LogP contribution in [-0.4, -0.2) is 27.6 Å². The molecule has 2 aromatic heterocycles. The maximum Gasteiger partial charge on any atom is 0.155 e. The maximum absolute atomic E-state index is 9.51. The Bertz CT molecular complexity index is 559. The van der Waals surface area contributed by atoms with Crippen LogP contribution in [0.15, 0.2) is 18.3 Å². The number of imidazole rings is 1. The Labute approximate surface area is 111 Å². The van der Waals surface area contributed by atoms with Crippen molar-refractivity contribution in [2.45, 2.75) is 25.2 Å². The molecule has 0 amide bonds. The molecule has 0 bridgehead atoms. The second-order valence-corrected chi connectivity index (χ2v) is 5.16. The smallest absolute Gasteiger partial charge is 0.155 e. The summed E-state index contributed by atoms with van der Waals surface area (Å²) >= 11 is 6.15. The minimum atomic E-state index is 0.217. The van der Waals surface area contributed by atoms with E-state index < -0.39 is 0 Å². The van der Waals surface area contributed by atoms with E-state index in [2.05, 4.69) is 10.3 Å². The second kappa shape index (κ2) is 4.78. The molecule has 96 valence electrons. The van der Waals surface area contributed by atoms with Gasteiger partial charge in [0, 0.05) is 24.7 Å². The summed E-state index contributed by atoms with van der Waals surface area (Å²) < 4.78 is 1.99. The molecular weight excluding hydrogens is 250 g/mol. The highest BCUT2D eigenvalue weighted by Crippen LogP contribution is 2.28. The fraction of sp³-hybridized carbons (Fsp3) is 0.462. The molecule has 0 saturated carbocycles. The van der Waals surface area contributed by atoms with Crippen LogP contribution in [-0.2, 0) is 0 Å². The molecule has 1 aliphatic heterocycles. The number of fused-ring (bicyclic) bond motifs is 1. The predicted octanol–water partition coefficient (Wildman–Crippen LogP) is 2.55. The van der Waals surface area contributed by atoms with E-state index in [1.54, 1.807) is 12.1 Å². The van der Waals surface area contributed by atoms with E-state index in [1.165, 1.54) is 12.8 Å². The number of nitrogens with one attached hydrogen (secondary N) is 1. The van der Waals surface area contributed by atoms with Crippen molar-refractivity contribution < 1.29 is 5.11 Å². The number of hydrogen-bond donors (Lipinski definition) is 2. The SMILES string of the molecule is Oc1ccn2c(C3CCCCNC3)nc(Cl)c2c1. The average molecular weight is 266 g/mol. The largest absolute Gasteiger partial charge is 0.508 e. The van der Waals surface area contributed by atoms with E-state index in [1.807, 2.05) is 10.6 Å². The minimum absolute atomic E-state index is 0.217. The molecular formula is C13H16ClN3O. The Balaban J connectivity index is 2.05. The van der Waals surface area contributed by atoms with Gasteiger partial charge in [0.15, 0.2) is 5.15 Å². The van der Waals surface area contributed by atoms with Crippen molar-refractivity contribution in [3.05, 3.63) is 29.3 Å². The monoisotopic (exact) mass is 265 g/mol. The molecule has 1 fully saturated rings. The quantitative estimate of drug-likeness (QED) is 0.833. The standard InChI is InChI=1S/C13H16ClN3O/c14-12-11-7-10(18)4-6-17(11)13(16-12)9-3-1-2-5-15-8-9/h4,6-7,9,15,18H,1-3,5,8H2. The summed E-state index contributed by atoms with van der Waals surface area (Å²) in [6.07, 6.45) is 5.39. The molecule has 1 unspecified atom stereocenters. The van der Waals surface area contributed by atoms with Crippen molar-refractivity contribution in [3.8, 4) is 5.75 Å². The van der Waals surface area contributed by atoms with Crippen molar-refractivity contribution in [1.82, 2.24) is 14.7 Å². The van der Waals surface area contributed by atoms with Gasteiger partial charge in [-0.3, -0.25) is 0 Å². The van der Waals surface area contributed by atoms with Crippen LogP contribution in [0.1, 0.15) is 31.0 Å². The fourth-order valence-electron chi connectivity index (χ4n) is 2.59. The number of pyridine rings is 1. The predicted molar refractivity (Wildman–Crippen MR) is 71.3 cm³/mol. The summed E-state index contributed by atoms with van der Waals surface area (Å²) in [7, 11) is 0. The van der Waals surface area contributed by atoms with Crippen molar-refractivity contribution in [3.63, 3.8) is 0 Å². The summed E-state index contributed by atoms with van der Waals surface area (Å²) in [5, 5.41) is 13.4. The zero-order valence-electron chi connectivity index (χ0n) is 10.1. The van der Waals surface area contributed by atoms with E-state index >= 15 is 0 Å². The first-order valence-electron chi connectivity index (χ1n) is 6.33. The van der Waals surface area contributed by atoms with Crippen LogP contribution in [0.5, 0.6) is 5.75 Å². The average Bonchev–Trinajstić information content (AvgIpc) is 2.58. The van der Waals surface area contributed by atoms with Crippen molar-refractivity contribution in [2.24, 2.45) is 0 Å². The van der Waals surface area contributed by atoms with E-state index in [-0.39, 0.29) is 5.75 Å². The summed E-state index contributed by atoms with van der Waals surface area (Å²) in [4.78, 5) is 4.47. The Morgan fingerprint density at radius 3 is 3.22 bits per heavy atom.